The van der Waals surface area contributed by atoms with Crippen LogP contribution < -0.4 is 0 Å². The summed E-state index contributed by atoms with van der Waals surface area (Å²) >= 11 is 6.29. The van der Waals surface area contributed by atoms with E-state index in [1.807, 2.05) is 38.1 Å². The SMILES string of the molecule is CCOC(=S)SCC(=O)N1CCc2ccccc2[C@H]1C1C(=O)CC(C)CC1=O. The number of ether oxygens (including phenoxy) is 1. The standard InChI is InChI=1S/C21H25NO4S2/c1-3-26-21(27)28-12-18(25)22-9-8-14-6-4-5-7-15(14)20(22)19-16(23)10-13(2)11-17(19)24/h4-7,13,19-20H,3,8-12H2,1-2H3/t13?,19?,20-/m0/s1. The molecule has 7 heteroatoms. The quantitative estimate of drug-likeness (QED) is 0.551. The summed E-state index contributed by atoms with van der Waals surface area (Å²) in [6.07, 6.45) is 1.49. The molecule has 3 rings (SSSR count). The maximum absolute atomic E-state index is 13.0. The maximum atomic E-state index is 13.0. The Balaban J connectivity index is 1.89. The highest BCUT2D eigenvalue weighted by molar-refractivity contribution is 8.23. The van der Waals surface area contributed by atoms with Crippen LogP contribution in [0.15, 0.2) is 24.3 Å². The zero-order valence-electron chi connectivity index (χ0n) is 16.2. The Morgan fingerprint density at radius 3 is 2.61 bits per heavy atom. The average molecular weight is 420 g/mol. The second-order valence-corrected chi connectivity index (χ2v) is 8.95. The molecule has 1 atom stereocenters. The highest BCUT2D eigenvalue weighted by atomic mass is 32.2. The molecule has 5 nitrogen and oxygen atoms in total. The van der Waals surface area contributed by atoms with E-state index in [4.69, 9.17) is 17.0 Å². The van der Waals surface area contributed by atoms with Gasteiger partial charge in [-0.15, -0.1) is 0 Å². The first kappa shape index (κ1) is 21.0. The summed E-state index contributed by atoms with van der Waals surface area (Å²) in [4.78, 5) is 40.4. The van der Waals surface area contributed by atoms with Crippen molar-refractivity contribution in [2.75, 3.05) is 18.9 Å². The Morgan fingerprint density at radius 2 is 1.93 bits per heavy atom. The van der Waals surface area contributed by atoms with Gasteiger partial charge in [-0.1, -0.05) is 43.0 Å². The topological polar surface area (TPSA) is 63.7 Å². The average Bonchev–Trinajstić information content (AvgIpc) is 2.65. The first-order chi connectivity index (χ1) is 13.4. The van der Waals surface area contributed by atoms with E-state index in [1.54, 1.807) is 4.90 Å². The van der Waals surface area contributed by atoms with Gasteiger partial charge in [0, 0.05) is 19.4 Å². The third kappa shape index (κ3) is 4.46. The molecule has 0 radical (unpaired) electrons. The van der Waals surface area contributed by atoms with Crippen LogP contribution in [-0.2, 0) is 25.5 Å². The second kappa shape index (κ2) is 9.18. The van der Waals surface area contributed by atoms with Crippen molar-refractivity contribution in [3.63, 3.8) is 0 Å². The molecule has 0 N–H and O–H groups in total. The van der Waals surface area contributed by atoms with Crippen molar-refractivity contribution in [1.82, 2.24) is 4.90 Å². The Bertz CT molecular complexity index is 776. The number of hydrogen-bond donors (Lipinski definition) is 0. The molecule has 1 aromatic carbocycles. The predicted octanol–water partition coefficient (Wildman–Crippen LogP) is 3.35. The van der Waals surface area contributed by atoms with Crippen LogP contribution in [0.3, 0.4) is 0 Å². The molecule has 1 aliphatic heterocycles. The molecule has 1 amide bonds. The molecular weight excluding hydrogens is 394 g/mol. The molecule has 0 unspecified atom stereocenters. The van der Waals surface area contributed by atoms with Crippen LogP contribution in [0.1, 0.15) is 43.9 Å². The summed E-state index contributed by atoms with van der Waals surface area (Å²) in [5, 5.41) is 0. The lowest BCUT2D eigenvalue weighted by atomic mass is 9.73. The number of amides is 1. The zero-order chi connectivity index (χ0) is 20.3. The Kier molecular flexibility index (Phi) is 6.88. The fraction of sp³-hybridized carbons (Fsp3) is 0.524. The van der Waals surface area contributed by atoms with Crippen LogP contribution in [-0.4, -0.2) is 45.7 Å². The fourth-order valence-electron chi connectivity index (χ4n) is 4.15. The van der Waals surface area contributed by atoms with E-state index in [2.05, 4.69) is 0 Å². The summed E-state index contributed by atoms with van der Waals surface area (Å²) in [5.74, 6) is -0.792. The van der Waals surface area contributed by atoms with E-state index >= 15 is 0 Å². The molecule has 0 spiro atoms. The lowest BCUT2D eigenvalue weighted by Gasteiger charge is -2.42. The smallest absolute Gasteiger partial charge is 0.233 e. The third-order valence-electron chi connectivity index (χ3n) is 5.34. The van der Waals surface area contributed by atoms with Crippen molar-refractivity contribution in [2.45, 2.75) is 39.2 Å². The van der Waals surface area contributed by atoms with Gasteiger partial charge in [0.05, 0.1) is 18.4 Å². The van der Waals surface area contributed by atoms with Gasteiger partial charge in [-0.25, -0.2) is 0 Å². The predicted molar refractivity (Wildman–Crippen MR) is 113 cm³/mol. The molecule has 1 aliphatic carbocycles. The van der Waals surface area contributed by atoms with Crippen molar-refractivity contribution in [3.05, 3.63) is 35.4 Å². The minimum Gasteiger partial charge on any atom is -0.479 e. The van der Waals surface area contributed by atoms with E-state index < -0.39 is 12.0 Å². The summed E-state index contributed by atoms with van der Waals surface area (Å²) < 4.78 is 5.58. The first-order valence-corrected chi connectivity index (χ1v) is 11.0. The van der Waals surface area contributed by atoms with Gasteiger partial charge in [0.1, 0.15) is 17.5 Å². The number of carbonyl (C=O) groups excluding carboxylic acids is 3. The van der Waals surface area contributed by atoms with Crippen LogP contribution in [0.5, 0.6) is 0 Å². The van der Waals surface area contributed by atoms with Crippen LogP contribution >= 0.6 is 24.0 Å². The normalized spacial score (nSPS) is 24.6. The van der Waals surface area contributed by atoms with Crippen molar-refractivity contribution < 1.29 is 19.1 Å². The lowest BCUT2D eigenvalue weighted by molar-refractivity contribution is -0.144. The molecule has 1 aromatic rings. The first-order valence-electron chi connectivity index (χ1n) is 9.64. The highest BCUT2D eigenvalue weighted by Crippen LogP contribution is 2.40. The zero-order valence-corrected chi connectivity index (χ0v) is 17.8. The number of rotatable bonds is 4. The van der Waals surface area contributed by atoms with E-state index in [0.717, 1.165) is 11.1 Å². The molecule has 0 aromatic heterocycles. The number of thiocarbonyl (C=S) groups is 1. The van der Waals surface area contributed by atoms with Gasteiger partial charge in [-0.2, -0.15) is 0 Å². The third-order valence-corrected chi connectivity index (χ3v) is 6.55. The Labute approximate surface area is 175 Å². The van der Waals surface area contributed by atoms with E-state index in [9.17, 15) is 14.4 Å². The van der Waals surface area contributed by atoms with Gasteiger partial charge >= 0.3 is 0 Å². The van der Waals surface area contributed by atoms with Gasteiger partial charge in [-0.05, 0) is 42.6 Å². The molecular formula is C21H25NO4S2. The van der Waals surface area contributed by atoms with Gasteiger partial charge < -0.3 is 9.64 Å². The van der Waals surface area contributed by atoms with Crippen LogP contribution in [0, 0.1) is 11.8 Å². The number of nitrogens with zero attached hydrogens (tertiary/aromatic N) is 1. The minimum atomic E-state index is -0.773. The molecule has 0 bridgehead atoms. The number of Topliss-reactive ketones (excluding diaryl/α,β-unsaturated/α-hetero) is 2. The molecule has 2 aliphatic rings. The highest BCUT2D eigenvalue weighted by Gasteiger charge is 2.45. The minimum absolute atomic E-state index is 0.0549. The van der Waals surface area contributed by atoms with Crippen molar-refractivity contribution in [3.8, 4) is 0 Å². The van der Waals surface area contributed by atoms with Gasteiger partial charge in [0.15, 0.2) is 0 Å². The number of thioether (sulfide) groups is 1. The number of fused-ring (bicyclic) bond motifs is 1. The molecule has 1 heterocycles. The molecule has 1 fully saturated rings. The van der Waals surface area contributed by atoms with Gasteiger partial charge in [0.2, 0.25) is 10.3 Å². The molecule has 150 valence electrons. The van der Waals surface area contributed by atoms with E-state index in [1.165, 1.54) is 11.8 Å². The van der Waals surface area contributed by atoms with Crippen LogP contribution in [0.2, 0.25) is 0 Å². The summed E-state index contributed by atoms with van der Waals surface area (Å²) in [6, 6.07) is 7.29. The number of benzene rings is 1. The number of hydrogen-bond acceptors (Lipinski definition) is 6. The molecule has 28 heavy (non-hydrogen) atoms. The Morgan fingerprint density at radius 1 is 1.25 bits per heavy atom. The summed E-state index contributed by atoms with van der Waals surface area (Å²) in [7, 11) is 0. The number of ketones is 2. The number of carbonyl (C=O) groups is 3. The molecule has 0 saturated heterocycles. The summed E-state index contributed by atoms with van der Waals surface area (Å²) in [6.45, 7) is 4.72. The van der Waals surface area contributed by atoms with Gasteiger partial charge in [0.25, 0.3) is 0 Å². The lowest BCUT2D eigenvalue weighted by Crippen LogP contribution is -2.49. The van der Waals surface area contributed by atoms with Crippen molar-refractivity contribution >= 4 is 45.8 Å². The summed E-state index contributed by atoms with van der Waals surface area (Å²) in [5.41, 5.74) is 2.02. The van der Waals surface area contributed by atoms with Gasteiger partial charge in [-0.3, -0.25) is 14.4 Å². The maximum Gasteiger partial charge on any atom is 0.233 e. The Hall–Kier alpha value is -1.73. The largest absolute Gasteiger partial charge is 0.479 e. The van der Waals surface area contributed by atoms with Crippen molar-refractivity contribution in [2.24, 2.45) is 11.8 Å². The van der Waals surface area contributed by atoms with E-state index in [0.29, 0.717) is 36.8 Å². The van der Waals surface area contributed by atoms with Crippen LogP contribution in [0.4, 0.5) is 0 Å². The monoisotopic (exact) mass is 419 g/mol. The fourth-order valence-corrected chi connectivity index (χ4v) is 5.05. The van der Waals surface area contributed by atoms with Crippen molar-refractivity contribution in [1.29, 1.82) is 0 Å². The molecule has 1 saturated carbocycles. The van der Waals surface area contributed by atoms with Crippen LogP contribution in [0.25, 0.3) is 0 Å². The van der Waals surface area contributed by atoms with E-state index in [-0.39, 0.29) is 29.1 Å². The second-order valence-electron chi connectivity index (χ2n) is 7.38.